The van der Waals surface area contributed by atoms with Crippen molar-refractivity contribution in [2.45, 2.75) is 19.1 Å². The predicted octanol–water partition coefficient (Wildman–Crippen LogP) is 3.09. The van der Waals surface area contributed by atoms with E-state index in [-0.39, 0.29) is 23.7 Å². The molecule has 1 amide bonds. The van der Waals surface area contributed by atoms with E-state index in [4.69, 9.17) is 10.8 Å². The smallest absolute Gasteiger partial charge is 0.394 e. The third-order valence-corrected chi connectivity index (χ3v) is 3.62. The van der Waals surface area contributed by atoms with E-state index >= 15 is 0 Å². The molecule has 0 heterocycles. The molecule has 0 aliphatic rings. The van der Waals surface area contributed by atoms with Crippen LogP contribution in [0, 0.1) is 0 Å². The molecule has 0 aliphatic carbocycles. The maximum Gasteiger partial charge on any atom is 0.416 e. The van der Waals surface area contributed by atoms with Crippen LogP contribution in [0.15, 0.2) is 53.5 Å². The molecular formula is C18H18F3N3O2. The van der Waals surface area contributed by atoms with Gasteiger partial charge in [-0.3, -0.25) is 14.7 Å². The second kappa shape index (κ2) is 8.01. The average Bonchev–Trinajstić information content (AvgIpc) is 2.62. The van der Waals surface area contributed by atoms with E-state index in [9.17, 15) is 18.0 Å². The van der Waals surface area contributed by atoms with Gasteiger partial charge in [-0.25, -0.2) is 0 Å². The summed E-state index contributed by atoms with van der Waals surface area (Å²) in [5.41, 5.74) is 5.50. The van der Waals surface area contributed by atoms with Crippen LogP contribution in [0.2, 0.25) is 0 Å². The zero-order valence-corrected chi connectivity index (χ0v) is 13.9. The molecule has 2 aromatic carbocycles. The summed E-state index contributed by atoms with van der Waals surface area (Å²) in [5, 5.41) is 9.11. The summed E-state index contributed by atoms with van der Waals surface area (Å²) < 4.78 is 39.4. The lowest BCUT2D eigenvalue weighted by molar-refractivity contribution is -0.137. The van der Waals surface area contributed by atoms with Gasteiger partial charge in [-0.15, -0.1) is 0 Å². The van der Waals surface area contributed by atoms with Gasteiger partial charge in [0.2, 0.25) is 6.41 Å². The van der Waals surface area contributed by atoms with Crippen molar-refractivity contribution in [1.82, 2.24) is 0 Å². The Bertz CT molecular complexity index is 792. The first-order chi connectivity index (χ1) is 12.3. The molecule has 0 saturated heterocycles. The van der Waals surface area contributed by atoms with Crippen molar-refractivity contribution < 1.29 is 23.1 Å². The fourth-order valence-electron chi connectivity index (χ4n) is 2.32. The number of aliphatic hydroxyl groups excluding tert-OH is 1. The van der Waals surface area contributed by atoms with Crippen molar-refractivity contribution >= 4 is 23.6 Å². The molecule has 2 aromatic rings. The van der Waals surface area contributed by atoms with Crippen molar-refractivity contribution in [3.63, 3.8) is 0 Å². The Hall–Kier alpha value is -2.87. The number of anilines is 2. The zero-order chi connectivity index (χ0) is 19.3. The van der Waals surface area contributed by atoms with Crippen molar-refractivity contribution in [2.24, 2.45) is 10.7 Å². The lowest BCUT2D eigenvalue weighted by atomic mass is 10.1. The minimum Gasteiger partial charge on any atom is -0.394 e. The highest BCUT2D eigenvalue weighted by molar-refractivity contribution is 6.06. The molecule has 0 fully saturated rings. The summed E-state index contributed by atoms with van der Waals surface area (Å²) in [5.74, 6) is -0.0712. The molecule has 138 valence electrons. The fraction of sp³-hybridized carbons (Fsp3) is 0.222. The highest BCUT2D eigenvalue weighted by Gasteiger charge is 2.32. The van der Waals surface area contributed by atoms with E-state index in [1.165, 1.54) is 6.07 Å². The summed E-state index contributed by atoms with van der Waals surface area (Å²) in [6, 6.07) is 10.6. The second-order valence-electron chi connectivity index (χ2n) is 5.59. The lowest BCUT2D eigenvalue weighted by Gasteiger charge is -2.22. The van der Waals surface area contributed by atoms with Crippen LogP contribution >= 0.6 is 0 Å². The van der Waals surface area contributed by atoms with Gasteiger partial charge in [0.1, 0.15) is 5.84 Å². The first-order valence-electron chi connectivity index (χ1n) is 7.73. The Morgan fingerprint density at radius 3 is 2.46 bits per heavy atom. The van der Waals surface area contributed by atoms with Crippen LogP contribution in [0.25, 0.3) is 0 Å². The fourth-order valence-corrected chi connectivity index (χ4v) is 2.32. The van der Waals surface area contributed by atoms with E-state index in [1.807, 2.05) is 0 Å². The molecule has 8 heteroatoms. The first-order valence-corrected chi connectivity index (χ1v) is 7.73. The lowest BCUT2D eigenvalue weighted by Crippen LogP contribution is -2.24. The summed E-state index contributed by atoms with van der Waals surface area (Å²) in [6.07, 6.45) is -4.17. The molecule has 2 rings (SSSR count). The molecule has 0 radical (unpaired) electrons. The number of hydrogen-bond donors (Lipinski definition) is 2. The van der Waals surface area contributed by atoms with E-state index in [1.54, 1.807) is 37.3 Å². The number of alkyl halides is 3. The number of nitrogens with zero attached hydrogens (tertiary/aromatic N) is 2. The SMILES string of the molecule is C[C@H](CO)N=C(N)c1ccc(C(F)(F)F)cc1N(C=O)c1ccccc1. The molecular weight excluding hydrogens is 347 g/mol. The number of carbonyl (C=O) groups is 1. The number of aliphatic imine (C=N–C) groups is 1. The minimum atomic E-state index is -4.58. The number of amidine groups is 1. The van der Waals surface area contributed by atoms with E-state index in [0.29, 0.717) is 12.1 Å². The van der Waals surface area contributed by atoms with Crippen LogP contribution in [-0.4, -0.2) is 30.0 Å². The highest BCUT2D eigenvalue weighted by Crippen LogP contribution is 2.35. The summed E-state index contributed by atoms with van der Waals surface area (Å²) >= 11 is 0. The molecule has 0 aromatic heterocycles. The van der Waals surface area contributed by atoms with Crippen LogP contribution in [0.5, 0.6) is 0 Å². The van der Waals surface area contributed by atoms with Crippen molar-refractivity contribution in [3.05, 3.63) is 59.7 Å². The Balaban J connectivity index is 2.66. The highest BCUT2D eigenvalue weighted by atomic mass is 19.4. The van der Waals surface area contributed by atoms with Gasteiger partial charge in [0.05, 0.1) is 23.9 Å². The molecule has 0 bridgehead atoms. The van der Waals surface area contributed by atoms with Gasteiger partial charge in [-0.05, 0) is 37.3 Å². The number of aliphatic hydroxyl groups is 1. The molecule has 1 atom stereocenters. The maximum atomic E-state index is 13.1. The molecule has 0 saturated carbocycles. The van der Waals surface area contributed by atoms with Crippen molar-refractivity contribution in [1.29, 1.82) is 0 Å². The van der Waals surface area contributed by atoms with Gasteiger partial charge in [0.15, 0.2) is 0 Å². The molecule has 5 nitrogen and oxygen atoms in total. The van der Waals surface area contributed by atoms with Crippen LogP contribution < -0.4 is 10.6 Å². The third-order valence-electron chi connectivity index (χ3n) is 3.62. The zero-order valence-electron chi connectivity index (χ0n) is 13.9. The predicted molar refractivity (Wildman–Crippen MR) is 93.4 cm³/mol. The third kappa shape index (κ3) is 4.40. The Morgan fingerprint density at radius 2 is 1.92 bits per heavy atom. The minimum absolute atomic E-state index is 0.0487. The number of halogens is 3. The topological polar surface area (TPSA) is 78.9 Å². The standard InChI is InChI=1S/C18H18F3N3O2/c1-12(10-25)23-17(22)15-8-7-13(18(19,20)21)9-16(15)24(11-26)14-5-3-2-4-6-14/h2-9,11-12,25H,10H2,1H3,(H2,22,23)/t12-/m1/s1. The Labute approximate surface area is 148 Å². The number of rotatable bonds is 6. The van der Waals surface area contributed by atoms with Crippen LogP contribution in [-0.2, 0) is 11.0 Å². The van der Waals surface area contributed by atoms with Gasteiger partial charge >= 0.3 is 6.18 Å². The molecule has 0 spiro atoms. The largest absolute Gasteiger partial charge is 0.416 e. The van der Waals surface area contributed by atoms with Gasteiger partial charge in [0.25, 0.3) is 0 Å². The quantitative estimate of drug-likeness (QED) is 0.469. The Morgan fingerprint density at radius 1 is 1.27 bits per heavy atom. The van der Waals surface area contributed by atoms with Crippen LogP contribution in [0.3, 0.4) is 0 Å². The summed E-state index contributed by atoms with van der Waals surface area (Å²) in [7, 11) is 0. The van der Waals surface area contributed by atoms with Crippen LogP contribution in [0.1, 0.15) is 18.1 Å². The maximum absolute atomic E-state index is 13.1. The van der Waals surface area contributed by atoms with Gasteiger partial charge in [-0.2, -0.15) is 13.2 Å². The summed E-state index contributed by atoms with van der Waals surface area (Å²) in [6.45, 7) is 1.33. The molecule has 26 heavy (non-hydrogen) atoms. The average molecular weight is 365 g/mol. The van der Waals surface area contributed by atoms with E-state index < -0.39 is 17.8 Å². The number of benzene rings is 2. The van der Waals surface area contributed by atoms with Gasteiger partial charge in [-0.1, -0.05) is 18.2 Å². The summed E-state index contributed by atoms with van der Waals surface area (Å²) in [4.78, 5) is 16.8. The number of para-hydroxylation sites is 1. The molecule has 0 aliphatic heterocycles. The van der Waals surface area contributed by atoms with Crippen molar-refractivity contribution in [3.8, 4) is 0 Å². The normalized spacial score (nSPS) is 13.3. The molecule has 3 N–H and O–H groups in total. The van der Waals surface area contributed by atoms with Gasteiger partial charge < -0.3 is 10.8 Å². The van der Waals surface area contributed by atoms with Crippen molar-refractivity contribution in [2.75, 3.05) is 11.5 Å². The second-order valence-corrected chi connectivity index (χ2v) is 5.59. The van der Waals surface area contributed by atoms with E-state index in [2.05, 4.69) is 4.99 Å². The first kappa shape index (κ1) is 19.5. The van der Waals surface area contributed by atoms with Gasteiger partial charge in [0, 0.05) is 11.3 Å². The Kier molecular flexibility index (Phi) is 5.99. The van der Waals surface area contributed by atoms with E-state index in [0.717, 1.165) is 17.0 Å². The number of amides is 1. The monoisotopic (exact) mass is 365 g/mol. The number of hydrogen-bond acceptors (Lipinski definition) is 3. The van der Waals surface area contributed by atoms with Crippen LogP contribution in [0.4, 0.5) is 24.5 Å². The molecule has 0 unspecified atom stereocenters. The number of nitrogens with two attached hydrogens (primary N) is 1. The number of carbonyl (C=O) groups excluding carboxylic acids is 1.